The van der Waals surface area contributed by atoms with Crippen LogP contribution in [0.3, 0.4) is 0 Å². The van der Waals surface area contributed by atoms with Crippen LogP contribution in [0.2, 0.25) is 0 Å². The fourth-order valence-electron chi connectivity index (χ4n) is 5.01. The van der Waals surface area contributed by atoms with Crippen LogP contribution in [0.1, 0.15) is 26.4 Å². The molecular weight excluding hydrogens is 560 g/mol. The molecule has 2 aromatic carbocycles. The Morgan fingerprint density at radius 2 is 1.93 bits per heavy atom. The first-order valence-electron chi connectivity index (χ1n) is 13.5. The van der Waals surface area contributed by atoms with E-state index in [1.807, 2.05) is 77.7 Å². The molecule has 0 saturated carbocycles. The van der Waals surface area contributed by atoms with Gasteiger partial charge < -0.3 is 25.7 Å². The van der Waals surface area contributed by atoms with Crippen molar-refractivity contribution in [3.8, 4) is 16.9 Å². The van der Waals surface area contributed by atoms with Crippen molar-refractivity contribution in [1.29, 1.82) is 0 Å². The first-order valence-corrected chi connectivity index (χ1v) is 14.4. The summed E-state index contributed by atoms with van der Waals surface area (Å²) in [5.74, 6) is 0.519. The van der Waals surface area contributed by atoms with Crippen molar-refractivity contribution in [3.63, 3.8) is 0 Å². The highest BCUT2D eigenvalue weighted by Crippen LogP contribution is 2.41. The normalized spacial score (nSPS) is 11.3. The zero-order valence-corrected chi connectivity index (χ0v) is 24.3. The molecule has 0 unspecified atom stereocenters. The van der Waals surface area contributed by atoms with Gasteiger partial charge in [-0.2, -0.15) is 0 Å². The van der Waals surface area contributed by atoms with Crippen LogP contribution in [0.15, 0.2) is 90.7 Å². The summed E-state index contributed by atoms with van der Waals surface area (Å²) in [5.41, 5.74) is 11.6. The summed E-state index contributed by atoms with van der Waals surface area (Å²) in [6.45, 7) is 0.348. The number of carbonyl (C=O) groups excluding carboxylic acids is 2. The van der Waals surface area contributed by atoms with Gasteiger partial charge in [-0.15, -0.1) is 11.3 Å². The highest BCUT2D eigenvalue weighted by Gasteiger charge is 2.18. The van der Waals surface area contributed by atoms with E-state index in [2.05, 4.69) is 20.6 Å². The predicted octanol–water partition coefficient (Wildman–Crippen LogP) is 6.14. The summed E-state index contributed by atoms with van der Waals surface area (Å²) in [6.07, 6.45) is 8.67. The van der Waals surface area contributed by atoms with Gasteiger partial charge in [0, 0.05) is 64.3 Å². The largest absolute Gasteiger partial charge is 0.495 e. The van der Waals surface area contributed by atoms with E-state index in [-0.39, 0.29) is 11.8 Å². The van der Waals surface area contributed by atoms with Crippen molar-refractivity contribution in [3.05, 3.63) is 108 Å². The number of nitrogen functional groups attached to an aromatic ring is 1. The molecule has 214 valence electrons. The molecule has 6 rings (SSSR count). The molecule has 0 bridgehead atoms. The van der Waals surface area contributed by atoms with Crippen LogP contribution in [0, 0.1) is 0 Å². The molecule has 0 atom stereocenters. The Balaban J connectivity index is 1.23. The average molecular weight is 589 g/mol. The first kappa shape index (κ1) is 27.7. The molecule has 0 saturated heterocycles. The zero-order valence-electron chi connectivity index (χ0n) is 23.5. The van der Waals surface area contributed by atoms with Gasteiger partial charge in [-0.25, -0.2) is 4.98 Å². The maximum absolute atomic E-state index is 13.2. The molecule has 43 heavy (non-hydrogen) atoms. The maximum atomic E-state index is 13.2. The van der Waals surface area contributed by atoms with Crippen LogP contribution in [0.4, 0.5) is 11.5 Å². The molecule has 9 nitrogen and oxygen atoms in total. The van der Waals surface area contributed by atoms with Crippen molar-refractivity contribution in [2.45, 2.75) is 0 Å². The van der Waals surface area contributed by atoms with E-state index in [1.165, 1.54) is 6.20 Å². The number of para-hydroxylation sites is 1. The van der Waals surface area contributed by atoms with Crippen molar-refractivity contribution in [1.82, 2.24) is 19.9 Å². The van der Waals surface area contributed by atoms with Crippen LogP contribution < -0.4 is 21.1 Å². The minimum Gasteiger partial charge on any atom is -0.495 e. The Bertz CT molecular complexity index is 2010. The zero-order chi connectivity index (χ0) is 29.9. The van der Waals surface area contributed by atoms with E-state index in [1.54, 1.807) is 43.0 Å². The molecule has 0 aliphatic heterocycles. The van der Waals surface area contributed by atoms with Crippen LogP contribution in [-0.4, -0.2) is 40.0 Å². The third-order valence-electron chi connectivity index (χ3n) is 7.20. The standard InChI is InChI=1S/C33H28N6O3S/c1-39-26-10-4-3-7-21(26)15-27(39)33(41)38-25-12-11-20(16-28(25)42-2)24-19-43-30-22(18-37-31(34)29(24)30)8-6-14-36-32(40)23-9-5-13-35-17-23/h3-13,15-19H,14H2,1-2H3,(H2,34,37)(H,36,40)(H,38,41)/b8-6+. The Morgan fingerprint density at radius 3 is 2.72 bits per heavy atom. The molecule has 10 heteroatoms. The third-order valence-corrected chi connectivity index (χ3v) is 8.23. The Morgan fingerprint density at radius 1 is 1.07 bits per heavy atom. The lowest BCUT2D eigenvalue weighted by atomic mass is 10.0. The molecule has 0 radical (unpaired) electrons. The second-order valence-corrected chi connectivity index (χ2v) is 10.7. The lowest BCUT2D eigenvalue weighted by molar-refractivity contribution is 0.0956. The van der Waals surface area contributed by atoms with E-state index in [0.29, 0.717) is 35.1 Å². The van der Waals surface area contributed by atoms with Crippen LogP contribution >= 0.6 is 11.3 Å². The molecule has 4 N–H and O–H groups in total. The van der Waals surface area contributed by atoms with Gasteiger partial charge in [-0.1, -0.05) is 36.4 Å². The van der Waals surface area contributed by atoms with E-state index >= 15 is 0 Å². The van der Waals surface area contributed by atoms with E-state index in [9.17, 15) is 9.59 Å². The van der Waals surface area contributed by atoms with Gasteiger partial charge in [-0.3, -0.25) is 14.6 Å². The smallest absolute Gasteiger partial charge is 0.272 e. The third kappa shape index (κ3) is 5.43. The summed E-state index contributed by atoms with van der Waals surface area (Å²) in [7, 11) is 3.45. The molecule has 2 amide bonds. The average Bonchev–Trinajstić information content (AvgIpc) is 3.63. The molecule has 0 aliphatic rings. The number of rotatable bonds is 8. The molecular formula is C33H28N6O3S. The van der Waals surface area contributed by atoms with Gasteiger partial charge in [0.15, 0.2) is 0 Å². The number of hydrogen-bond donors (Lipinski definition) is 3. The number of hydrogen-bond acceptors (Lipinski definition) is 7. The van der Waals surface area contributed by atoms with Crippen LogP contribution in [0.5, 0.6) is 5.75 Å². The molecule has 0 spiro atoms. The lowest BCUT2D eigenvalue weighted by Crippen LogP contribution is -2.23. The molecule has 4 heterocycles. The van der Waals surface area contributed by atoms with Crippen molar-refractivity contribution >= 4 is 61.7 Å². The number of aromatic nitrogens is 3. The quantitative estimate of drug-likeness (QED) is 0.196. The number of methoxy groups -OCH3 is 1. The number of anilines is 2. The number of carbonyl (C=O) groups is 2. The second-order valence-electron chi connectivity index (χ2n) is 9.82. The first-order chi connectivity index (χ1) is 20.9. The van der Waals surface area contributed by atoms with E-state index in [4.69, 9.17) is 10.5 Å². The van der Waals surface area contributed by atoms with Gasteiger partial charge in [-0.05, 0) is 47.3 Å². The highest BCUT2D eigenvalue weighted by atomic mass is 32.1. The number of nitrogens with two attached hydrogens (primary N) is 1. The van der Waals surface area contributed by atoms with Crippen LogP contribution in [-0.2, 0) is 7.05 Å². The fraction of sp³-hybridized carbons (Fsp3) is 0.0909. The summed E-state index contributed by atoms with van der Waals surface area (Å²) in [5, 5.41) is 9.72. The van der Waals surface area contributed by atoms with Crippen molar-refractivity contribution < 1.29 is 14.3 Å². The molecule has 4 aromatic heterocycles. The van der Waals surface area contributed by atoms with Gasteiger partial charge >= 0.3 is 0 Å². The monoisotopic (exact) mass is 588 g/mol. The minimum absolute atomic E-state index is 0.192. The van der Waals surface area contributed by atoms with Gasteiger partial charge in [0.1, 0.15) is 17.3 Å². The summed E-state index contributed by atoms with van der Waals surface area (Å²) in [4.78, 5) is 33.9. The number of benzene rings is 2. The number of aryl methyl sites for hydroxylation is 1. The fourth-order valence-corrected chi connectivity index (χ4v) is 6.09. The minimum atomic E-state index is -0.229. The lowest BCUT2D eigenvalue weighted by Gasteiger charge is -2.13. The number of nitrogens with zero attached hydrogens (tertiary/aromatic N) is 3. The predicted molar refractivity (Wildman–Crippen MR) is 172 cm³/mol. The molecule has 0 fully saturated rings. The highest BCUT2D eigenvalue weighted by molar-refractivity contribution is 7.18. The summed E-state index contributed by atoms with van der Waals surface area (Å²) in [6, 6.07) is 18.8. The summed E-state index contributed by atoms with van der Waals surface area (Å²) >= 11 is 1.56. The Kier molecular flexibility index (Phi) is 7.59. The number of thiophene rings is 1. The maximum Gasteiger partial charge on any atom is 0.272 e. The van der Waals surface area contributed by atoms with Gasteiger partial charge in [0.05, 0.1) is 18.4 Å². The number of pyridine rings is 2. The molecule has 0 aliphatic carbocycles. The topological polar surface area (TPSA) is 124 Å². The Labute approximate surface area is 251 Å². The molecule has 6 aromatic rings. The van der Waals surface area contributed by atoms with Gasteiger partial charge in [0.25, 0.3) is 11.8 Å². The van der Waals surface area contributed by atoms with Crippen molar-refractivity contribution in [2.75, 3.05) is 24.7 Å². The summed E-state index contributed by atoms with van der Waals surface area (Å²) < 4.78 is 8.53. The number of ether oxygens (including phenoxy) is 1. The van der Waals surface area contributed by atoms with Crippen LogP contribution in [0.25, 0.3) is 38.2 Å². The van der Waals surface area contributed by atoms with E-state index in [0.717, 1.165) is 37.7 Å². The number of nitrogens with one attached hydrogen (secondary N) is 2. The number of fused-ring (bicyclic) bond motifs is 2. The SMILES string of the molecule is COc1cc(-c2csc3c(/C=C/CNC(=O)c4cccnc4)cnc(N)c23)ccc1NC(=O)c1cc2ccccc2n1C. The van der Waals surface area contributed by atoms with Crippen molar-refractivity contribution in [2.24, 2.45) is 7.05 Å². The number of amides is 2. The van der Waals surface area contributed by atoms with Gasteiger partial charge in [0.2, 0.25) is 0 Å². The van der Waals surface area contributed by atoms with E-state index < -0.39 is 0 Å². The Hall–Kier alpha value is -5.48. The second kappa shape index (κ2) is 11.8.